The number of rotatable bonds is 7. The largest absolute Gasteiger partial charge is 0.393 e. The van der Waals surface area contributed by atoms with E-state index in [0.29, 0.717) is 22.7 Å². The Balaban J connectivity index is 1.45. The van der Waals surface area contributed by atoms with Gasteiger partial charge in [-0.1, -0.05) is 46.3 Å². The van der Waals surface area contributed by atoms with Gasteiger partial charge >= 0.3 is 10.3 Å². The summed E-state index contributed by atoms with van der Waals surface area (Å²) in [5, 5.41) is 10.2. The van der Waals surface area contributed by atoms with Crippen molar-refractivity contribution in [1.29, 1.82) is 0 Å². The summed E-state index contributed by atoms with van der Waals surface area (Å²) in [6.45, 7) is 11.4. The molecular formula is C27H47NO4S. The van der Waals surface area contributed by atoms with Crippen molar-refractivity contribution in [2.45, 2.75) is 111 Å². The fraction of sp³-hybridized carbons (Fsp3) is 0.926. The van der Waals surface area contributed by atoms with Gasteiger partial charge in [0, 0.05) is 6.04 Å². The summed E-state index contributed by atoms with van der Waals surface area (Å²) in [4.78, 5) is 0. The lowest BCUT2D eigenvalue weighted by Gasteiger charge is -2.58. The summed E-state index contributed by atoms with van der Waals surface area (Å²) in [5.74, 6) is 3.71. The molecule has 0 amide bonds. The number of allylic oxidation sites excluding steroid dienone is 1. The van der Waals surface area contributed by atoms with Crippen LogP contribution in [0.2, 0.25) is 0 Å². The average molecular weight is 482 g/mol. The fourth-order valence-electron chi connectivity index (χ4n) is 8.98. The van der Waals surface area contributed by atoms with Gasteiger partial charge in [-0.15, -0.1) is 0 Å². The zero-order valence-electron chi connectivity index (χ0n) is 21.4. The third kappa shape index (κ3) is 4.83. The number of hydrogen-bond donors (Lipinski definition) is 3. The van der Waals surface area contributed by atoms with E-state index in [0.717, 1.165) is 49.9 Å². The van der Waals surface area contributed by atoms with E-state index < -0.39 is 10.3 Å². The molecule has 4 rings (SSSR count). The maximum atomic E-state index is 11.4. The summed E-state index contributed by atoms with van der Waals surface area (Å²) in [6, 6.07) is -0.216. The minimum absolute atomic E-state index is 0.142. The van der Waals surface area contributed by atoms with E-state index in [2.05, 4.69) is 31.6 Å². The Labute approximate surface area is 202 Å². The molecule has 0 radical (unpaired) electrons. The first kappa shape index (κ1) is 25.7. The first-order chi connectivity index (χ1) is 15.3. The molecule has 0 saturated heterocycles. The second kappa shape index (κ2) is 9.22. The highest BCUT2D eigenvalue weighted by Gasteiger charge is 2.59. The van der Waals surface area contributed by atoms with Gasteiger partial charge in [0.2, 0.25) is 0 Å². The van der Waals surface area contributed by atoms with Crippen molar-refractivity contribution in [1.82, 2.24) is 4.72 Å². The van der Waals surface area contributed by atoms with E-state index in [1.54, 1.807) is 5.57 Å². The summed E-state index contributed by atoms with van der Waals surface area (Å²) < 4.78 is 34.5. The Morgan fingerprint density at radius 2 is 1.79 bits per heavy atom. The number of fused-ring (bicyclic) bond motifs is 5. The zero-order chi connectivity index (χ0) is 24.2. The molecular weight excluding hydrogens is 434 g/mol. The molecule has 0 bridgehead atoms. The van der Waals surface area contributed by atoms with Gasteiger partial charge in [-0.2, -0.15) is 13.1 Å². The van der Waals surface area contributed by atoms with Crippen LogP contribution in [-0.2, 0) is 10.3 Å². The van der Waals surface area contributed by atoms with Crippen LogP contribution in [0, 0.1) is 46.3 Å². The molecule has 3 N–H and O–H groups in total. The second-order valence-corrected chi connectivity index (χ2v) is 14.1. The summed E-state index contributed by atoms with van der Waals surface area (Å²) in [5.41, 5.74) is 2.21. The van der Waals surface area contributed by atoms with Crippen LogP contribution in [0.5, 0.6) is 0 Å². The Morgan fingerprint density at radius 1 is 1.06 bits per heavy atom. The number of aliphatic hydroxyl groups excluding tert-OH is 1. The lowest BCUT2D eigenvalue weighted by molar-refractivity contribution is -0.0574. The molecule has 0 aliphatic heterocycles. The van der Waals surface area contributed by atoms with Gasteiger partial charge < -0.3 is 5.11 Å². The summed E-state index contributed by atoms with van der Waals surface area (Å²) in [6.07, 6.45) is 13.5. The predicted octanol–water partition coefficient (Wildman–Crippen LogP) is 5.76. The highest BCUT2D eigenvalue weighted by molar-refractivity contribution is 7.83. The second-order valence-electron chi connectivity index (χ2n) is 12.9. The van der Waals surface area contributed by atoms with Crippen molar-refractivity contribution in [3.63, 3.8) is 0 Å². The van der Waals surface area contributed by atoms with Crippen LogP contribution in [0.25, 0.3) is 0 Å². The molecule has 6 heteroatoms. The van der Waals surface area contributed by atoms with Crippen molar-refractivity contribution in [2.75, 3.05) is 0 Å². The zero-order valence-corrected chi connectivity index (χ0v) is 22.2. The van der Waals surface area contributed by atoms with E-state index in [9.17, 15) is 18.1 Å². The van der Waals surface area contributed by atoms with Gasteiger partial charge in [0.25, 0.3) is 0 Å². The molecule has 4 aliphatic rings. The molecule has 9 atom stereocenters. The number of nitrogens with one attached hydrogen (secondary N) is 1. The van der Waals surface area contributed by atoms with Crippen LogP contribution in [0.3, 0.4) is 0 Å². The third-order valence-electron chi connectivity index (χ3n) is 10.9. The van der Waals surface area contributed by atoms with Gasteiger partial charge in [-0.25, -0.2) is 0 Å². The van der Waals surface area contributed by atoms with E-state index in [4.69, 9.17) is 0 Å². The molecule has 5 nitrogen and oxygen atoms in total. The summed E-state index contributed by atoms with van der Waals surface area (Å²) >= 11 is 0. The van der Waals surface area contributed by atoms with Crippen LogP contribution in [0.1, 0.15) is 98.8 Å². The van der Waals surface area contributed by atoms with Gasteiger partial charge in [0.1, 0.15) is 0 Å². The average Bonchev–Trinajstić information content (AvgIpc) is 3.07. The molecule has 3 saturated carbocycles. The van der Waals surface area contributed by atoms with Crippen molar-refractivity contribution in [3.8, 4) is 0 Å². The topological polar surface area (TPSA) is 86.6 Å². The van der Waals surface area contributed by atoms with Gasteiger partial charge in [0.15, 0.2) is 0 Å². The Hall–Kier alpha value is -0.430. The molecule has 9 unspecified atom stereocenters. The Morgan fingerprint density at radius 3 is 2.45 bits per heavy atom. The quantitative estimate of drug-likeness (QED) is 0.319. The highest BCUT2D eigenvalue weighted by atomic mass is 32.2. The van der Waals surface area contributed by atoms with Crippen LogP contribution in [-0.4, -0.2) is 30.2 Å². The first-order valence-corrected chi connectivity index (χ1v) is 14.9. The molecule has 0 aromatic carbocycles. The van der Waals surface area contributed by atoms with Crippen molar-refractivity contribution < 1.29 is 18.1 Å². The van der Waals surface area contributed by atoms with Crippen LogP contribution >= 0.6 is 0 Å². The maximum absolute atomic E-state index is 11.4. The lowest BCUT2D eigenvalue weighted by atomic mass is 9.47. The minimum Gasteiger partial charge on any atom is -0.393 e. The van der Waals surface area contributed by atoms with Crippen LogP contribution < -0.4 is 4.72 Å². The van der Waals surface area contributed by atoms with E-state index in [1.807, 2.05) is 13.8 Å². The highest BCUT2D eigenvalue weighted by Crippen LogP contribution is 2.67. The van der Waals surface area contributed by atoms with Crippen molar-refractivity contribution in [3.05, 3.63) is 11.6 Å². The van der Waals surface area contributed by atoms with Crippen molar-refractivity contribution >= 4 is 10.3 Å². The molecule has 3 fully saturated rings. The monoisotopic (exact) mass is 481 g/mol. The Bertz CT molecular complexity index is 854. The first-order valence-electron chi connectivity index (χ1n) is 13.5. The van der Waals surface area contributed by atoms with Crippen molar-refractivity contribution in [2.24, 2.45) is 46.3 Å². The molecule has 0 spiro atoms. The molecule has 4 aliphatic carbocycles. The minimum atomic E-state index is -4.17. The van der Waals surface area contributed by atoms with Gasteiger partial charge in [-0.3, -0.25) is 4.55 Å². The van der Waals surface area contributed by atoms with Crippen LogP contribution in [0.15, 0.2) is 11.6 Å². The van der Waals surface area contributed by atoms with E-state index >= 15 is 0 Å². The standard InChI is InChI=1S/C27H47NO4S/c1-17(2)25(28-33(30,31)32)11-6-18(3)22-9-10-23-21-8-7-19-16-20(29)12-14-26(19,4)24(21)13-15-27(22,23)5/h7,17-18,20-25,28-29H,6,8-16H2,1-5H3,(H,30,31,32). The molecule has 190 valence electrons. The summed E-state index contributed by atoms with van der Waals surface area (Å²) in [7, 11) is -4.17. The smallest absolute Gasteiger partial charge is 0.333 e. The Kier molecular flexibility index (Phi) is 7.17. The number of hydrogen-bond acceptors (Lipinski definition) is 3. The normalized spacial score (nSPS) is 42.8. The third-order valence-corrected chi connectivity index (χ3v) is 11.5. The molecule has 33 heavy (non-hydrogen) atoms. The predicted molar refractivity (Wildman–Crippen MR) is 133 cm³/mol. The lowest BCUT2D eigenvalue weighted by Crippen LogP contribution is -2.50. The molecule has 0 aromatic heterocycles. The fourth-order valence-corrected chi connectivity index (χ4v) is 9.75. The van der Waals surface area contributed by atoms with E-state index in [1.165, 1.54) is 32.1 Å². The maximum Gasteiger partial charge on any atom is 0.333 e. The van der Waals surface area contributed by atoms with E-state index in [-0.39, 0.29) is 18.1 Å². The molecule has 0 aromatic rings. The SMILES string of the molecule is CC(C)C(CCC(C)C1CCC2C3CC=C4CC(O)CCC4(C)C3CCC12C)NS(=O)(=O)O. The van der Waals surface area contributed by atoms with Gasteiger partial charge in [0.05, 0.1) is 6.10 Å². The number of aliphatic hydroxyl groups is 1. The van der Waals surface area contributed by atoms with Crippen LogP contribution in [0.4, 0.5) is 0 Å². The molecule has 0 heterocycles. The van der Waals surface area contributed by atoms with Gasteiger partial charge in [-0.05, 0) is 111 Å².